The zero-order chi connectivity index (χ0) is 11.9. The first kappa shape index (κ1) is 15.2. The summed E-state index contributed by atoms with van der Waals surface area (Å²) >= 11 is 9.31. The molecule has 0 aliphatic rings. The molecule has 0 amide bonds. The lowest BCUT2D eigenvalue weighted by Crippen LogP contribution is -2.16. The smallest absolute Gasteiger partial charge is 0.406 e. The van der Waals surface area contributed by atoms with Gasteiger partial charge in [-0.2, -0.15) is 0 Å². The van der Waals surface area contributed by atoms with Crippen LogP contribution in [-0.4, -0.2) is 9.01 Å². The van der Waals surface area contributed by atoms with E-state index in [4.69, 9.17) is 0 Å². The highest BCUT2D eigenvalue weighted by Crippen LogP contribution is 2.21. The summed E-state index contributed by atoms with van der Waals surface area (Å²) in [6.45, 7) is 0. The Morgan fingerprint density at radius 3 is 1.73 bits per heavy atom. The minimum Gasteiger partial charge on any atom is -0.406 e. The Hall–Kier alpha value is 0.250. The van der Waals surface area contributed by atoms with Crippen molar-refractivity contribution in [2.75, 3.05) is 0 Å². The van der Waals surface area contributed by atoms with Gasteiger partial charge >= 0.3 is 6.36 Å². The van der Waals surface area contributed by atoms with Crippen LogP contribution in [0.15, 0.2) is 30.3 Å². The van der Waals surface area contributed by atoms with Gasteiger partial charge in [-0.25, -0.2) is 0 Å². The average Bonchev–Trinajstić information content (AvgIpc) is 2.01. The first-order chi connectivity index (χ1) is 6.81. The van der Waals surface area contributed by atoms with E-state index in [0.717, 1.165) is 0 Å². The summed E-state index contributed by atoms with van der Waals surface area (Å²) < 4.78 is 38.4. The number of benzene rings is 1. The number of alkyl halides is 6. The van der Waals surface area contributed by atoms with Crippen LogP contribution in [0.25, 0.3) is 0 Å². The molecule has 0 N–H and O–H groups in total. The maximum atomic E-state index is 11.5. The number of hydrogen-bond donors (Lipinski definition) is 0. The molecule has 0 aliphatic carbocycles. The second-order valence-corrected chi connectivity index (χ2v) is 8.54. The third kappa shape index (κ3) is 12.2. The second-order valence-electron chi connectivity index (χ2n) is 2.11. The van der Waals surface area contributed by atoms with Crippen molar-refractivity contribution < 1.29 is 17.9 Å². The van der Waals surface area contributed by atoms with Gasteiger partial charge in [0.1, 0.15) is 8.40 Å². The number of para-hydroxylation sites is 1. The topological polar surface area (TPSA) is 9.23 Å². The van der Waals surface area contributed by atoms with E-state index in [9.17, 15) is 13.2 Å². The van der Waals surface area contributed by atoms with E-state index in [2.05, 4.69) is 52.5 Å². The zero-order valence-corrected chi connectivity index (χ0v) is 11.9. The number of halogens is 6. The third-order valence-electron chi connectivity index (χ3n) is 0.977. The van der Waals surface area contributed by atoms with Gasteiger partial charge in [0.2, 0.25) is 0 Å². The molecular weight excluding hydrogens is 409 g/mol. The number of rotatable bonds is 1. The molecule has 1 aromatic carbocycles. The monoisotopic (exact) mass is 412 g/mol. The maximum absolute atomic E-state index is 11.5. The molecule has 0 radical (unpaired) electrons. The molecule has 0 spiro atoms. The van der Waals surface area contributed by atoms with Crippen LogP contribution in [0.1, 0.15) is 0 Å². The second kappa shape index (κ2) is 7.51. The van der Waals surface area contributed by atoms with Crippen LogP contribution in [0.2, 0.25) is 0 Å². The Bertz CT molecular complexity index is 261. The molecule has 7 heteroatoms. The normalized spacial score (nSPS) is 10.6. The predicted octanol–water partition coefficient (Wildman–Crippen LogP) is 5.04. The van der Waals surface area contributed by atoms with Crippen molar-refractivity contribution in [3.05, 3.63) is 30.3 Å². The lowest BCUT2D eigenvalue weighted by atomic mass is 10.3. The van der Waals surface area contributed by atoms with Crippen molar-refractivity contribution in [2.45, 2.75) is 9.01 Å². The number of hydrogen-bond acceptors (Lipinski definition) is 1. The maximum Gasteiger partial charge on any atom is 0.573 e. The van der Waals surface area contributed by atoms with Gasteiger partial charge in [-0.1, -0.05) is 66.0 Å². The van der Waals surface area contributed by atoms with Crippen molar-refractivity contribution in [3.63, 3.8) is 0 Å². The molecule has 0 aromatic heterocycles. The van der Waals surface area contributed by atoms with Gasteiger partial charge in [-0.15, -0.1) is 13.2 Å². The molecule has 1 nitrogen and oxygen atoms in total. The molecule has 0 atom stereocenters. The largest absolute Gasteiger partial charge is 0.573 e. The molecule has 0 heterocycles. The summed E-state index contributed by atoms with van der Waals surface area (Å²) in [4.78, 5) is 0. The van der Waals surface area contributed by atoms with Crippen LogP contribution in [0, 0.1) is 0 Å². The van der Waals surface area contributed by atoms with Crippen molar-refractivity contribution >= 4 is 47.8 Å². The fraction of sp³-hybridized carbons (Fsp3) is 0.250. The third-order valence-corrected chi connectivity index (χ3v) is 0.977. The summed E-state index contributed by atoms with van der Waals surface area (Å²) in [5.41, 5.74) is 0. The SMILES string of the molecule is BrC(Br)Br.FC(F)(F)Oc1ccccc1. The fourth-order valence-corrected chi connectivity index (χ4v) is 0.622. The van der Waals surface area contributed by atoms with Crippen molar-refractivity contribution in [1.29, 1.82) is 0 Å². The lowest BCUT2D eigenvalue weighted by molar-refractivity contribution is -0.274. The molecular formula is C8H6Br3F3O. The Morgan fingerprint density at radius 2 is 1.40 bits per heavy atom. The number of ether oxygens (including phenoxy) is 1. The van der Waals surface area contributed by atoms with Gasteiger partial charge in [-0.3, -0.25) is 0 Å². The zero-order valence-electron chi connectivity index (χ0n) is 7.14. The van der Waals surface area contributed by atoms with Crippen LogP contribution >= 0.6 is 47.8 Å². The van der Waals surface area contributed by atoms with Crippen molar-refractivity contribution in [3.8, 4) is 5.75 Å². The van der Waals surface area contributed by atoms with Crippen LogP contribution in [0.5, 0.6) is 5.75 Å². The molecule has 0 unspecified atom stereocenters. The van der Waals surface area contributed by atoms with Crippen LogP contribution in [-0.2, 0) is 0 Å². The van der Waals surface area contributed by atoms with E-state index in [1.54, 1.807) is 6.07 Å². The quantitative estimate of drug-likeness (QED) is 0.585. The Balaban J connectivity index is 0.000000423. The summed E-state index contributed by atoms with van der Waals surface area (Å²) in [5.74, 6) is -0.194. The van der Waals surface area contributed by atoms with Gasteiger partial charge in [0, 0.05) is 0 Å². The average molecular weight is 415 g/mol. The first-order valence-corrected chi connectivity index (χ1v) is 6.29. The van der Waals surface area contributed by atoms with Gasteiger partial charge in [-0.05, 0) is 12.1 Å². The van der Waals surface area contributed by atoms with E-state index >= 15 is 0 Å². The minimum atomic E-state index is -4.60. The molecule has 0 bridgehead atoms. The van der Waals surface area contributed by atoms with E-state index in [-0.39, 0.29) is 8.40 Å². The van der Waals surface area contributed by atoms with Gasteiger partial charge < -0.3 is 4.74 Å². The van der Waals surface area contributed by atoms with Crippen LogP contribution < -0.4 is 4.74 Å². The van der Waals surface area contributed by atoms with Gasteiger partial charge in [0.05, 0.1) is 0 Å². The van der Waals surface area contributed by atoms with Crippen molar-refractivity contribution in [2.24, 2.45) is 0 Å². The first-order valence-electron chi connectivity index (χ1n) is 3.54. The molecule has 1 aromatic rings. The van der Waals surface area contributed by atoms with Crippen molar-refractivity contribution in [1.82, 2.24) is 0 Å². The van der Waals surface area contributed by atoms with Crippen LogP contribution in [0.3, 0.4) is 0 Å². The van der Waals surface area contributed by atoms with Gasteiger partial charge in [0.25, 0.3) is 0 Å². The minimum absolute atomic E-state index is 0.194. The standard InChI is InChI=1S/C7H5F3O.CHBr3/c8-7(9,10)11-6-4-2-1-3-5-6;2-1(3)4/h1-5H;1H. The van der Waals surface area contributed by atoms with E-state index in [0.29, 0.717) is 0 Å². The highest BCUT2D eigenvalue weighted by atomic mass is 80.0. The highest BCUT2D eigenvalue weighted by Gasteiger charge is 2.30. The molecule has 0 fully saturated rings. The summed E-state index contributed by atoms with van der Waals surface area (Å²) in [6, 6.07) is 7.05. The highest BCUT2D eigenvalue weighted by molar-refractivity contribution is 9.38. The molecule has 1 rings (SSSR count). The summed E-state index contributed by atoms with van der Waals surface area (Å²) in [6.07, 6.45) is -4.60. The summed E-state index contributed by atoms with van der Waals surface area (Å²) in [5, 5.41) is 0. The Kier molecular flexibility index (Phi) is 7.64. The van der Waals surface area contributed by atoms with Gasteiger partial charge in [0.15, 0.2) is 0 Å². The van der Waals surface area contributed by atoms with E-state index in [1.807, 2.05) is 0 Å². The van der Waals surface area contributed by atoms with E-state index in [1.165, 1.54) is 24.3 Å². The lowest BCUT2D eigenvalue weighted by Gasteiger charge is -2.07. The fourth-order valence-electron chi connectivity index (χ4n) is 0.622. The summed E-state index contributed by atoms with van der Waals surface area (Å²) in [7, 11) is 0. The molecule has 0 aliphatic heterocycles. The Labute approximate surface area is 110 Å². The molecule has 0 saturated carbocycles. The predicted molar refractivity (Wildman–Crippen MR) is 63.7 cm³/mol. The molecule has 86 valence electrons. The molecule has 0 saturated heterocycles. The molecule has 15 heavy (non-hydrogen) atoms. The van der Waals surface area contributed by atoms with E-state index < -0.39 is 6.36 Å². The van der Waals surface area contributed by atoms with Crippen LogP contribution in [0.4, 0.5) is 13.2 Å². The Morgan fingerprint density at radius 1 is 1.00 bits per heavy atom.